The van der Waals surface area contributed by atoms with Crippen LogP contribution in [0, 0.1) is 34.5 Å². The van der Waals surface area contributed by atoms with Gasteiger partial charge in [-0.2, -0.15) is 8.78 Å². The predicted octanol–water partition coefficient (Wildman–Crippen LogP) is 7.10. The molecule has 1 aliphatic carbocycles. The van der Waals surface area contributed by atoms with Crippen LogP contribution in [0.3, 0.4) is 0 Å². The standard InChI is InChI=1S/C69H90F2N9O16PS/c1-8-77-32-31-46-22-24-52(80(46)63(88)50(38-77)74-61(86)54-36-44-35-45(21-26-53(44)98-54)69(70,71)97(92,95-39-93-65(90)67(2,3)4)96-40-94-66(91)68(5,6)7)60(85)73-49(23-27-55(72)81)58(83)76-57(43-17-10-9-11-18-43)64(89)78-33-29-41(30-34-78)15-12-13-16-42-19-14-20-47-48(42)37-79(62(47)87)51-25-28-56(82)75-59(51)84/h14,19-21,26,35-36,41,43,46,49-52,57H,8-12,15,17-18,22-25,27-34,37-40H2,1-7H3,(H2,72,81)(H,73,85)(H,74,86)(H,76,83)(H,75,82,84)/t46-,49+,50+,51?,52+,57+/m1/s1. The molecule has 1 unspecified atom stereocenters. The SMILES string of the molecule is CCN1CC[C@H]2CC[C@@H](C(=O)N[C@@H](CCC(N)=O)C(=O)N[C@H](C(=O)N3CCC(CCC#Cc4cccc5c4CN(C4CCC(=O)NC4=O)C5=O)CC3)C3CCCCC3)N2C(=O)[C@@H](NC(=O)c2cc3cc(C(F)(F)P(=O)(OCOC(=O)C(C)(C)C)OCOC(=O)C(C)(C)C)ccc3s2)C1. The number of nitrogens with zero attached hydrogens (tertiary/aromatic N) is 4. The number of amides is 9. The molecule has 0 spiro atoms. The van der Waals surface area contributed by atoms with Crippen LogP contribution >= 0.6 is 18.9 Å². The number of ether oxygens (including phenoxy) is 2. The highest BCUT2D eigenvalue weighted by Gasteiger charge is 2.56. The molecular formula is C69H90F2N9O16PS. The number of carbonyl (C=O) groups is 11. The monoisotopic (exact) mass is 1400 g/mol. The van der Waals surface area contributed by atoms with E-state index >= 15 is 8.78 Å². The number of alkyl halides is 2. The number of likely N-dealkylation sites (tertiary alicyclic amines) is 1. The van der Waals surface area contributed by atoms with Gasteiger partial charge in [0.1, 0.15) is 30.2 Å². The second-order valence-corrected chi connectivity index (χ2v) is 31.4. The fourth-order valence-corrected chi connectivity index (χ4v) is 15.6. The lowest BCUT2D eigenvalue weighted by Gasteiger charge is -2.39. The molecule has 532 valence electrons. The first-order valence-electron chi connectivity index (χ1n) is 33.8. The van der Waals surface area contributed by atoms with Gasteiger partial charge in [-0.3, -0.25) is 71.7 Å². The van der Waals surface area contributed by atoms with Crippen molar-refractivity contribution in [2.75, 3.05) is 46.3 Å². The molecular weight excluding hydrogens is 1310 g/mol. The zero-order valence-electron chi connectivity index (χ0n) is 56.6. The van der Waals surface area contributed by atoms with E-state index in [1.54, 1.807) is 17.0 Å². The summed E-state index contributed by atoms with van der Waals surface area (Å²) in [7, 11) is -5.69. The molecule has 1 aromatic heterocycles. The summed E-state index contributed by atoms with van der Waals surface area (Å²) in [4.78, 5) is 155. The van der Waals surface area contributed by atoms with E-state index in [9.17, 15) is 57.3 Å². The molecule has 3 aromatic rings. The third kappa shape index (κ3) is 17.6. The Hall–Kier alpha value is -7.70. The van der Waals surface area contributed by atoms with Crippen molar-refractivity contribution in [3.05, 3.63) is 69.6 Å². The Morgan fingerprint density at radius 1 is 0.827 bits per heavy atom. The van der Waals surface area contributed by atoms with Gasteiger partial charge in [-0.15, -0.1) is 11.3 Å². The Labute approximate surface area is 572 Å². The van der Waals surface area contributed by atoms with Crippen molar-refractivity contribution in [1.29, 1.82) is 0 Å². The van der Waals surface area contributed by atoms with Crippen molar-refractivity contribution in [3.63, 3.8) is 0 Å². The number of hydrogen-bond acceptors (Lipinski definition) is 18. The molecule has 0 radical (unpaired) electrons. The molecule has 9 rings (SSSR count). The number of esters is 2. The number of hydrogen-bond donors (Lipinski definition) is 5. The minimum absolute atomic E-state index is 0.0119. The summed E-state index contributed by atoms with van der Waals surface area (Å²) >= 11 is 0.923. The average Bonchev–Trinajstić information content (AvgIpc) is 1.49. The predicted molar refractivity (Wildman–Crippen MR) is 355 cm³/mol. The zero-order valence-corrected chi connectivity index (χ0v) is 58.4. The van der Waals surface area contributed by atoms with E-state index in [2.05, 4.69) is 33.1 Å². The lowest BCUT2D eigenvalue weighted by Crippen LogP contribution is -2.62. The fourth-order valence-electron chi connectivity index (χ4n) is 13.5. The highest BCUT2D eigenvalue weighted by atomic mass is 32.1. The van der Waals surface area contributed by atoms with Crippen LogP contribution in [0.25, 0.3) is 10.1 Å². The summed E-state index contributed by atoms with van der Waals surface area (Å²) in [5, 5.41) is 11.1. The van der Waals surface area contributed by atoms with Gasteiger partial charge in [-0.05, 0) is 165 Å². The lowest BCUT2D eigenvalue weighted by molar-refractivity contribution is -0.163. The Morgan fingerprint density at radius 2 is 1.51 bits per heavy atom. The molecule has 6 aliphatic rings. The number of benzene rings is 2. The Balaban J connectivity index is 0.842. The normalized spacial score (nSPS) is 21.4. The maximum Gasteiger partial charge on any atom is 0.410 e. The van der Waals surface area contributed by atoms with Crippen molar-refractivity contribution >= 4 is 94.1 Å². The summed E-state index contributed by atoms with van der Waals surface area (Å²) in [6, 6.07) is 4.06. The molecule has 2 aromatic carbocycles. The number of fused-ring (bicyclic) bond motifs is 3. The van der Waals surface area contributed by atoms with Crippen LogP contribution in [-0.2, 0) is 78.4 Å². The quantitative estimate of drug-likeness (QED) is 0.0208. The summed E-state index contributed by atoms with van der Waals surface area (Å²) in [5.74, 6) is 0.116. The van der Waals surface area contributed by atoms with Crippen LogP contribution in [0.4, 0.5) is 8.78 Å². The molecule has 5 fully saturated rings. The Kier molecular flexibility index (Phi) is 24.1. The largest absolute Gasteiger partial charge is 0.438 e. The highest BCUT2D eigenvalue weighted by Crippen LogP contribution is 2.67. The number of nitrogens with two attached hydrogens (primary N) is 1. The maximum absolute atomic E-state index is 16.6. The van der Waals surface area contributed by atoms with E-state index < -0.39 is 127 Å². The third-order valence-corrected chi connectivity index (χ3v) is 22.2. The van der Waals surface area contributed by atoms with Crippen molar-refractivity contribution in [3.8, 4) is 11.8 Å². The van der Waals surface area contributed by atoms with Crippen LogP contribution < -0.4 is 27.0 Å². The van der Waals surface area contributed by atoms with Crippen LogP contribution in [0.2, 0.25) is 0 Å². The molecule has 6 N–H and O–H groups in total. The summed E-state index contributed by atoms with van der Waals surface area (Å²) in [5.41, 5.74) is 0.0752. The van der Waals surface area contributed by atoms with Gasteiger partial charge in [-0.25, -0.2) is 0 Å². The summed E-state index contributed by atoms with van der Waals surface area (Å²) < 4.78 is 67.7. The number of likely N-dealkylation sites (N-methyl/N-ethyl adjacent to an activating group) is 1. The van der Waals surface area contributed by atoms with Gasteiger partial charge in [0.05, 0.1) is 15.7 Å². The first kappa shape index (κ1) is 74.5. The molecule has 1 saturated carbocycles. The maximum atomic E-state index is 16.6. The van der Waals surface area contributed by atoms with E-state index in [-0.39, 0.29) is 85.0 Å². The van der Waals surface area contributed by atoms with E-state index in [1.807, 2.05) is 17.9 Å². The average molecular weight is 1400 g/mol. The fraction of sp³-hybridized carbons (Fsp3) is 0.609. The highest BCUT2D eigenvalue weighted by molar-refractivity contribution is 7.54. The van der Waals surface area contributed by atoms with Gasteiger partial charge < -0.3 is 50.8 Å². The van der Waals surface area contributed by atoms with Gasteiger partial charge in [0, 0.05) is 79.4 Å². The summed E-state index contributed by atoms with van der Waals surface area (Å²) in [6.07, 6.45) is 7.79. The van der Waals surface area contributed by atoms with Crippen LogP contribution in [0.1, 0.15) is 188 Å². The van der Waals surface area contributed by atoms with Crippen LogP contribution in [0.15, 0.2) is 42.5 Å². The van der Waals surface area contributed by atoms with Crippen molar-refractivity contribution in [2.45, 2.75) is 200 Å². The van der Waals surface area contributed by atoms with E-state index in [1.165, 1.54) is 63.5 Å². The molecule has 29 heteroatoms. The van der Waals surface area contributed by atoms with E-state index in [0.717, 1.165) is 54.7 Å². The molecule has 4 saturated heterocycles. The van der Waals surface area contributed by atoms with Gasteiger partial charge in [0.25, 0.3) is 11.8 Å². The van der Waals surface area contributed by atoms with Gasteiger partial charge >= 0.3 is 25.2 Å². The van der Waals surface area contributed by atoms with Gasteiger partial charge in [0.15, 0.2) is 0 Å². The number of halogens is 2. The van der Waals surface area contributed by atoms with Gasteiger partial charge in [-0.1, -0.05) is 50.2 Å². The number of carbonyl (C=O) groups excluding carboxylic acids is 11. The van der Waals surface area contributed by atoms with E-state index in [0.29, 0.717) is 87.0 Å². The first-order valence-corrected chi connectivity index (χ1v) is 36.2. The van der Waals surface area contributed by atoms with Crippen molar-refractivity contribution in [1.82, 2.24) is 40.9 Å². The number of imide groups is 1. The summed E-state index contributed by atoms with van der Waals surface area (Å²) in [6.45, 7) is 10.7. The smallest absolute Gasteiger partial charge is 0.410 e. The number of thiophene rings is 1. The number of piperidine rings is 2. The van der Waals surface area contributed by atoms with Crippen LogP contribution in [0.5, 0.6) is 0 Å². The number of primary amides is 1. The number of rotatable bonds is 23. The molecule has 0 bridgehead atoms. The molecule has 25 nitrogen and oxygen atoms in total. The molecule has 6 atom stereocenters. The Morgan fingerprint density at radius 3 is 2.15 bits per heavy atom. The minimum Gasteiger partial charge on any atom is -0.438 e. The Bertz CT molecular complexity index is 3640. The topological polar surface area (TPSA) is 329 Å². The van der Waals surface area contributed by atoms with Crippen LogP contribution in [-0.4, -0.2) is 167 Å². The van der Waals surface area contributed by atoms with Gasteiger partial charge in [0.2, 0.25) is 54.9 Å². The molecule has 98 heavy (non-hydrogen) atoms. The third-order valence-electron chi connectivity index (χ3n) is 19.2. The second kappa shape index (κ2) is 31.7. The van der Waals surface area contributed by atoms with E-state index in [4.69, 9.17) is 24.3 Å². The minimum atomic E-state index is -5.69. The van der Waals surface area contributed by atoms with Crippen molar-refractivity contribution < 1.29 is 84.6 Å². The molecule has 5 aliphatic heterocycles. The lowest BCUT2D eigenvalue weighted by atomic mass is 9.82. The second-order valence-electron chi connectivity index (χ2n) is 28.3. The molecule has 6 heterocycles. The molecule has 9 amide bonds. The zero-order chi connectivity index (χ0) is 71.0. The number of nitrogens with one attached hydrogen (secondary N) is 4. The van der Waals surface area contributed by atoms with Crippen molar-refractivity contribution in [2.24, 2.45) is 28.4 Å². The first-order chi connectivity index (χ1) is 46.4.